The quantitative estimate of drug-likeness (QED) is 0.642. The maximum atomic E-state index is 11.1. The minimum absolute atomic E-state index is 0.00792. The third-order valence-electron chi connectivity index (χ3n) is 1.57. The molecule has 1 N–H and O–H groups in total. The molecule has 5 nitrogen and oxygen atoms in total. The minimum Gasteiger partial charge on any atom is -0.469 e. The molecule has 0 radical (unpaired) electrons. The first-order valence-corrected chi connectivity index (χ1v) is 3.75. The third kappa shape index (κ3) is 2.40. The molecular weight excluding hydrogens is 172 g/mol. The molecule has 0 bridgehead atoms. The molecule has 0 aromatic carbocycles. The van der Waals surface area contributed by atoms with E-state index < -0.39 is 5.97 Å². The Labute approximate surface area is 74.8 Å². The average Bonchev–Trinajstić information content (AvgIpc) is 2.11. The highest BCUT2D eigenvalue weighted by molar-refractivity contribution is 5.71. The predicted molar refractivity (Wildman–Crippen MR) is 45.3 cm³/mol. The lowest BCUT2D eigenvalue weighted by Gasteiger charge is -1.98. The number of H-pyrrole nitrogens is 1. The molecule has 0 saturated carbocycles. The van der Waals surface area contributed by atoms with Crippen LogP contribution in [0, 0.1) is 6.92 Å². The van der Waals surface area contributed by atoms with Crippen LogP contribution < -0.4 is 5.56 Å². The number of hydrogen-bond acceptors (Lipinski definition) is 4. The number of aromatic nitrogens is 2. The van der Waals surface area contributed by atoms with Crippen LogP contribution in [-0.4, -0.2) is 23.0 Å². The van der Waals surface area contributed by atoms with Gasteiger partial charge in [-0.2, -0.15) is 0 Å². The number of nitrogens with zero attached hydrogens (tertiary/aromatic N) is 1. The first kappa shape index (κ1) is 9.44. The lowest BCUT2D eigenvalue weighted by atomic mass is 10.3. The molecule has 0 spiro atoms. The predicted octanol–water partition coefficient (Wildman–Crippen LogP) is -0.206. The summed E-state index contributed by atoms with van der Waals surface area (Å²) < 4.78 is 4.42. The van der Waals surface area contributed by atoms with Crippen molar-refractivity contribution in [3.63, 3.8) is 0 Å². The number of rotatable bonds is 2. The standard InChI is InChI=1S/C8H10N2O3/c1-5-4-9-6(10-8(5)12)3-7(11)13-2/h4H,3H2,1-2H3,(H,9,10,12). The van der Waals surface area contributed by atoms with Crippen LogP contribution in [0.5, 0.6) is 0 Å². The summed E-state index contributed by atoms with van der Waals surface area (Å²) in [6.07, 6.45) is 1.42. The maximum absolute atomic E-state index is 11.1. The van der Waals surface area contributed by atoms with Crippen molar-refractivity contribution in [1.29, 1.82) is 0 Å². The van der Waals surface area contributed by atoms with Crippen LogP contribution in [0.15, 0.2) is 11.0 Å². The molecule has 0 unspecified atom stereocenters. The maximum Gasteiger partial charge on any atom is 0.313 e. The number of hydrogen-bond donors (Lipinski definition) is 1. The van der Waals surface area contributed by atoms with E-state index in [0.717, 1.165) is 0 Å². The molecule has 0 fully saturated rings. The summed E-state index contributed by atoms with van der Waals surface area (Å²) in [5.74, 6) is -0.102. The topological polar surface area (TPSA) is 72.0 Å². The lowest BCUT2D eigenvalue weighted by molar-refractivity contribution is -0.139. The number of carbonyl (C=O) groups is 1. The first-order valence-electron chi connectivity index (χ1n) is 3.75. The van der Waals surface area contributed by atoms with Crippen molar-refractivity contribution < 1.29 is 9.53 Å². The molecule has 13 heavy (non-hydrogen) atoms. The van der Waals surface area contributed by atoms with E-state index in [1.807, 2.05) is 0 Å². The average molecular weight is 182 g/mol. The summed E-state index contributed by atoms with van der Waals surface area (Å²) in [5.41, 5.74) is 0.294. The van der Waals surface area contributed by atoms with Gasteiger partial charge in [-0.1, -0.05) is 0 Å². The van der Waals surface area contributed by atoms with E-state index >= 15 is 0 Å². The summed E-state index contributed by atoms with van der Waals surface area (Å²) in [4.78, 5) is 28.2. The van der Waals surface area contributed by atoms with Gasteiger partial charge in [0, 0.05) is 11.8 Å². The van der Waals surface area contributed by atoms with Gasteiger partial charge in [-0.3, -0.25) is 9.59 Å². The number of carbonyl (C=O) groups excluding carboxylic acids is 1. The lowest BCUT2D eigenvalue weighted by Crippen LogP contribution is -2.16. The van der Waals surface area contributed by atoms with E-state index in [2.05, 4.69) is 14.7 Å². The molecule has 1 heterocycles. The van der Waals surface area contributed by atoms with E-state index in [-0.39, 0.29) is 12.0 Å². The zero-order valence-electron chi connectivity index (χ0n) is 7.46. The van der Waals surface area contributed by atoms with Gasteiger partial charge < -0.3 is 9.72 Å². The number of ether oxygens (including phenoxy) is 1. The van der Waals surface area contributed by atoms with Crippen LogP contribution in [0.3, 0.4) is 0 Å². The molecule has 0 amide bonds. The largest absolute Gasteiger partial charge is 0.469 e. The van der Waals surface area contributed by atoms with Crippen LogP contribution >= 0.6 is 0 Å². The van der Waals surface area contributed by atoms with Crippen molar-refractivity contribution in [1.82, 2.24) is 9.97 Å². The van der Waals surface area contributed by atoms with Gasteiger partial charge in [0.2, 0.25) is 0 Å². The molecule has 0 saturated heterocycles. The fourth-order valence-electron chi connectivity index (χ4n) is 0.794. The highest BCUT2D eigenvalue weighted by Gasteiger charge is 2.05. The summed E-state index contributed by atoms with van der Waals surface area (Å²) in [6.45, 7) is 1.65. The zero-order chi connectivity index (χ0) is 9.84. The molecule has 0 aliphatic heterocycles. The van der Waals surface area contributed by atoms with Crippen molar-refractivity contribution in [2.24, 2.45) is 0 Å². The van der Waals surface area contributed by atoms with Crippen molar-refractivity contribution >= 4 is 5.97 Å². The van der Waals surface area contributed by atoms with Crippen LogP contribution in [0.1, 0.15) is 11.4 Å². The van der Waals surface area contributed by atoms with Crippen LogP contribution in [0.25, 0.3) is 0 Å². The molecule has 0 aliphatic rings. The van der Waals surface area contributed by atoms with Crippen LogP contribution in [0.2, 0.25) is 0 Å². The Balaban J connectivity index is 2.86. The second-order valence-corrected chi connectivity index (χ2v) is 2.59. The smallest absolute Gasteiger partial charge is 0.313 e. The highest BCUT2D eigenvalue weighted by atomic mass is 16.5. The van der Waals surface area contributed by atoms with E-state index in [1.54, 1.807) is 6.92 Å². The summed E-state index contributed by atoms with van der Waals surface area (Å²) in [5, 5.41) is 0. The molecule has 0 atom stereocenters. The van der Waals surface area contributed by atoms with E-state index in [9.17, 15) is 9.59 Å². The number of aryl methyl sites for hydroxylation is 1. The fourth-order valence-corrected chi connectivity index (χ4v) is 0.794. The first-order chi connectivity index (χ1) is 6.13. The Morgan fingerprint density at radius 2 is 2.38 bits per heavy atom. The van der Waals surface area contributed by atoms with E-state index in [1.165, 1.54) is 13.3 Å². The molecule has 0 aliphatic carbocycles. The Morgan fingerprint density at radius 3 is 2.92 bits per heavy atom. The molecule has 5 heteroatoms. The van der Waals surface area contributed by atoms with Gasteiger partial charge in [0.05, 0.1) is 7.11 Å². The van der Waals surface area contributed by atoms with Crippen LogP contribution in [0.4, 0.5) is 0 Å². The second kappa shape index (κ2) is 3.84. The summed E-state index contributed by atoms with van der Waals surface area (Å²) in [6, 6.07) is 0. The normalized spacial score (nSPS) is 9.69. The van der Waals surface area contributed by atoms with Crippen molar-refractivity contribution in [3.8, 4) is 0 Å². The van der Waals surface area contributed by atoms with Crippen molar-refractivity contribution in [2.45, 2.75) is 13.3 Å². The van der Waals surface area contributed by atoms with E-state index in [4.69, 9.17) is 0 Å². The van der Waals surface area contributed by atoms with Gasteiger partial charge in [-0.15, -0.1) is 0 Å². The Bertz CT molecular complexity index is 370. The Morgan fingerprint density at radius 1 is 1.69 bits per heavy atom. The third-order valence-corrected chi connectivity index (χ3v) is 1.57. The van der Waals surface area contributed by atoms with Crippen molar-refractivity contribution in [3.05, 3.63) is 27.9 Å². The monoisotopic (exact) mass is 182 g/mol. The van der Waals surface area contributed by atoms with E-state index in [0.29, 0.717) is 11.4 Å². The SMILES string of the molecule is COC(=O)Cc1ncc(C)c(=O)[nH]1. The summed E-state index contributed by atoms with van der Waals surface area (Å²) >= 11 is 0. The summed E-state index contributed by atoms with van der Waals surface area (Å²) in [7, 11) is 1.29. The highest BCUT2D eigenvalue weighted by Crippen LogP contribution is 1.90. The minimum atomic E-state index is -0.424. The fraction of sp³-hybridized carbons (Fsp3) is 0.375. The van der Waals surface area contributed by atoms with Gasteiger partial charge in [0.15, 0.2) is 0 Å². The Kier molecular flexibility index (Phi) is 2.79. The molecular formula is C8H10N2O3. The van der Waals surface area contributed by atoms with Gasteiger partial charge in [0.1, 0.15) is 12.2 Å². The number of nitrogens with one attached hydrogen (secondary N) is 1. The van der Waals surface area contributed by atoms with Crippen LogP contribution in [-0.2, 0) is 16.0 Å². The van der Waals surface area contributed by atoms with Gasteiger partial charge in [-0.25, -0.2) is 4.98 Å². The molecule has 1 aromatic heterocycles. The molecule has 1 aromatic rings. The number of aromatic amines is 1. The molecule has 1 rings (SSSR count). The van der Waals surface area contributed by atoms with Gasteiger partial charge in [-0.05, 0) is 6.92 Å². The second-order valence-electron chi connectivity index (χ2n) is 2.59. The van der Waals surface area contributed by atoms with Gasteiger partial charge in [0.25, 0.3) is 5.56 Å². The zero-order valence-corrected chi connectivity index (χ0v) is 7.46. The van der Waals surface area contributed by atoms with Gasteiger partial charge >= 0.3 is 5.97 Å². The number of esters is 1. The van der Waals surface area contributed by atoms with Crippen molar-refractivity contribution in [2.75, 3.05) is 7.11 Å². The molecule has 70 valence electrons. The number of methoxy groups -OCH3 is 1. The Hall–Kier alpha value is -1.65.